The molecule has 0 bridgehead atoms. The summed E-state index contributed by atoms with van der Waals surface area (Å²) in [5.41, 5.74) is 7.97. The van der Waals surface area contributed by atoms with Gasteiger partial charge >= 0.3 is 0 Å². The number of ether oxygens (including phenoxy) is 1. The van der Waals surface area contributed by atoms with Crippen molar-refractivity contribution in [3.05, 3.63) is 101 Å². The van der Waals surface area contributed by atoms with Gasteiger partial charge in [0.1, 0.15) is 0 Å². The Bertz CT molecular complexity index is 1140. The fraction of sp³-hybridized carbons (Fsp3) is 0.250. The van der Waals surface area contributed by atoms with Gasteiger partial charge in [-0.1, -0.05) is 84.0 Å². The van der Waals surface area contributed by atoms with E-state index in [2.05, 4.69) is 72.7 Å². The highest BCUT2D eigenvalue weighted by molar-refractivity contribution is 5.70. The van der Waals surface area contributed by atoms with Crippen LogP contribution in [0.1, 0.15) is 54.2 Å². The molecule has 0 saturated heterocycles. The lowest BCUT2D eigenvalue weighted by Crippen LogP contribution is -2.01. The van der Waals surface area contributed by atoms with Gasteiger partial charge in [0.05, 0.1) is 18.4 Å². The summed E-state index contributed by atoms with van der Waals surface area (Å²) in [6.07, 6.45) is 2.67. The number of aromatic nitrogens is 1. The zero-order valence-corrected chi connectivity index (χ0v) is 18.0. The zero-order valence-electron chi connectivity index (χ0n) is 18.0. The lowest BCUT2D eigenvalue weighted by Gasteiger charge is -2.13. The molecule has 1 saturated carbocycles. The van der Waals surface area contributed by atoms with Gasteiger partial charge in [-0.15, -0.1) is 0 Å². The molecule has 1 aliphatic rings. The monoisotopic (exact) mass is 409 g/mol. The number of rotatable bonds is 7. The maximum atomic E-state index is 6.14. The van der Waals surface area contributed by atoms with Crippen LogP contribution in [0, 0.1) is 6.92 Å². The van der Waals surface area contributed by atoms with Crippen LogP contribution >= 0.6 is 0 Å². The predicted octanol–water partition coefficient (Wildman–Crippen LogP) is 7.47. The van der Waals surface area contributed by atoms with Crippen molar-refractivity contribution >= 4 is 0 Å². The van der Waals surface area contributed by atoms with Gasteiger partial charge < -0.3 is 9.26 Å². The van der Waals surface area contributed by atoms with Crippen molar-refractivity contribution in [2.75, 3.05) is 0 Å². The molecule has 0 N–H and O–H groups in total. The van der Waals surface area contributed by atoms with E-state index in [1.165, 1.54) is 29.5 Å². The molecule has 1 heterocycles. The molecule has 0 aliphatic heterocycles. The van der Waals surface area contributed by atoms with Crippen LogP contribution in [0.4, 0.5) is 0 Å². The normalized spacial score (nSPS) is 14.5. The lowest BCUT2D eigenvalue weighted by molar-refractivity contribution is 0.0523. The Hall–Kier alpha value is -3.17. The Kier molecular flexibility index (Phi) is 5.44. The first-order valence-corrected chi connectivity index (χ1v) is 11.0. The quantitative estimate of drug-likeness (QED) is 0.317. The highest BCUT2D eigenvalue weighted by atomic mass is 16.5. The van der Waals surface area contributed by atoms with Crippen LogP contribution in [-0.2, 0) is 11.3 Å². The number of benzene rings is 3. The molecule has 1 atom stereocenters. The summed E-state index contributed by atoms with van der Waals surface area (Å²) in [5, 5.41) is 4.20. The van der Waals surface area contributed by atoms with Crippen molar-refractivity contribution in [1.82, 2.24) is 5.16 Å². The summed E-state index contributed by atoms with van der Waals surface area (Å²) >= 11 is 0. The second kappa shape index (κ2) is 8.52. The average molecular weight is 410 g/mol. The van der Waals surface area contributed by atoms with E-state index in [1.807, 2.05) is 25.1 Å². The highest BCUT2D eigenvalue weighted by Gasteiger charge is 2.23. The Labute approximate surface area is 183 Å². The van der Waals surface area contributed by atoms with Gasteiger partial charge in [0, 0.05) is 11.1 Å². The Morgan fingerprint density at radius 1 is 0.871 bits per heavy atom. The molecule has 3 aromatic carbocycles. The highest BCUT2D eigenvalue weighted by Crippen LogP contribution is 2.40. The summed E-state index contributed by atoms with van der Waals surface area (Å²) in [5.74, 6) is 1.57. The summed E-state index contributed by atoms with van der Waals surface area (Å²) in [6, 6.07) is 27.8. The summed E-state index contributed by atoms with van der Waals surface area (Å²) in [7, 11) is 0. The van der Waals surface area contributed by atoms with E-state index >= 15 is 0 Å². The molecule has 4 aromatic rings. The maximum Gasteiger partial charge on any atom is 0.172 e. The van der Waals surface area contributed by atoms with Crippen LogP contribution in [-0.4, -0.2) is 5.16 Å². The van der Waals surface area contributed by atoms with Gasteiger partial charge in [-0.2, -0.15) is 0 Å². The average Bonchev–Trinajstić information content (AvgIpc) is 3.61. The number of nitrogens with zero attached hydrogens (tertiary/aromatic N) is 1. The van der Waals surface area contributed by atoms with Gasteiger partial charge in [-0.05, 0) is 54.9 Å². The summed E-state index contributed by atoms with van der Waals surface area (Å²) in [4.78, 5) is 0. The fourth-order valence-electron chi connectivity index (χ4n) is 3.99. The molecule has 0 radical (unpaired) electrons. The second-order valence-electron chi connectivity index (χ2n) is 8.41. The molecule has 5 rings (SSSR count). The van der Waals surface area contributed by atoms with Gasteiger partial charge in [-0.25, -0.2) is 0 Å². The lowest BCUT2D eigenvalue weighted by atomic mass is 9.99. The van der Waals surface area contributed by atoms with Crippen LogP contribution in [0.15, 0.2) is 83.4 Å². The van der Waals surface area contributed by atoms with Crippen molar-refractivity contribution in [2.24, 2.45) is 0 Å². The van der Waals surface area contributed by atoms with Gasteiger partial charge in [0.25, 0.3) is 0 Å². The molecule has 1 aromatic heterocycles. The van der Waals surface area contributed by atoms with Crippen LogP contribution < -0.4 is 0 Å². The molecule has 3 heteroatoms. The van der Waals surface area contributed by atoms with Crippen molar-refractivity contribution < 1.29 is 9.26 Å². The zero-order chi connectivity index (χ0) is 21.2. The third kappa shape index (κ3) is 4.33. The molecule has 1 fully saturated rings. The number of hydrogen-bond donors (Lipinski definition) is 0. The van der Waals surface area contributed by atoms with E-state index < -0.39 is 0 Å². The minimum atomic E-state index is 0.00402. The predicted molar refractivity (Wildman–Crippen MR) is 124 cm³/mol. The Morgan fingerprint density at radius 3 is 2.13 bits per heavy atom. The van der Waals surface area contributed by atoms with Gasteiger partial charge in [0.15, 0.2) is 5.76 Å². The maximum absolute atomic E-state index is 6.14. The molecular weight excluding hydrogens is 382 g/mol. The molecule has 31 heavy (non-hydrogen) atoms. The minimum Gasteiger partial charge on any atom is -0.369 e. The molecular formula is C28H27NO2. The van der Waals surface area contributed by atoms with Crippen molar-refractivity contribution in [3.63, 3.8) is 0 Å². The van der Waals surface area contributed by atoms with E-state index in [1.54, 1.807) is 0 Å². The number of aryl methyl sites for hydroxylation is 1. The smallest absolute Gasteiger partial charge is 0.172 e. The Balaban J connectivity index is 1.32. The molecule has 156 valence electrons. The van der Waals surface area contributed by atoms with Crippen LogP contribution in [0.2, 0.25) is 0 Å². The summed E-state index contributed by atoms with van der Waals surface area (Å²) in [6.45, 7) is 4.50. The van der Waals surface area contributed by atoms with E-state index in [0.717, 1.165) is 34.1 Å². The fourth-order valence-corrected chi connectivity index (χ4v) is 3.99. The largest absolute Gasteiger partial charge is 0.369 e. The van der Waals surface area contributed by atoms with Gasteiger partial charge in [0.2, 0.25) is 0 Å². The summed E-state index contributed by atoms with van der Waals surface area (Å²) < 4.78 is 11.8. The van der Waals surface area contributed by atoms with Crippen molar-refractivity contribution in [1.29, 1.82) is 0 Å². The first-order valence-electron chi connectivity index (χ1n) is 11.0. The standard InChI is InChI=1S/C28H27NO2/c1-19-27(18-30-20(2)21-6-4-3-5-7-21)28(31-29-19)26-16-14-25(15-17-26)24-12-10-23(11-13-24)22-8-9-22/h3-7,10-17,20,22H,8-9,18H2,1-2H3. The Morgan fingerprint density at radius 2 is 1.48 bits per heavy atom. The molecule has 0 spiro atoms. The SMILES string of the molecule is Cc1noc(-c2ccc(-c3ccc(C4CC4)cc3)cc2)c1COC(C)c1ccccc1. The van der Waals surface area contributed by atoms with Crippen LogP contribution in [0.3, 0.4) is 0 Å². The van der Waals surface area contributed by atoms with E-state index in [0.29, 0.717) is 6.61 Å². The molecule has 3 nitrogen and oxygen atoms in total. The van der Waals surface area contributed by atoms with E-state index in [9.17, 15) is 0 Å². The van der Waals surface area contributed by atoms with E-state index in [-0.39, 0.29) is 6.10 Å². The first kappa shape index (κ1) is 19.8. The number of hydrogen-bond acceptors (Lipinski definition) is 3. The third-order valence-corrected chi connectivity index (χ3v) is 6.17. The topological polar surface area (TPSA) is 35.3 Å². The third-order valence-electron chi connectivity index (χ3n) is 6.17. The second-order valence-corrected chi connectivity index (χ2v) is 8.41. The molecule has 0 amide bonds. The molecule has 1 aliphatic carbocycles. The minimum absolute atomic E-state index is 0.00402. The molecule has 1 unspecified atom stereocenters. The van der Waals surface area contributed by atoms with E-state index in [4.69, 9.17) is 9.26 Å². The van der Waals surface area contributed by atoms with Crippen molar-refractivity contribution in [3.8, 4) is 22.5 Å². The first-order chi connectivity index (χ1) is 15.2. The van der Waals surface area contributed by atoms with Crippen molar-refractivity contribution in [2.45, 2.75) is 45.3 Å². The van der Waals surface area contributed by atoms with Crippen LogP contribution in [0.25, 0.3) is 22.5 Å². The van der Waals surface area contributed by atoms with Gasteiger partial charge in [-0.3, -0.25) is 0 Å². The van der Waals surface area contributed by atoms with Crippen LogP contribution in [0.5, 0.6) is 0 Å².